The van der Waals surface area contributed by atoms with Gasteiger partial charge in [-0.1, -0.05) is 30.3 Å². The van der Waals surface area contributed by atoms with Gasteiger partial charge in [-0.25, -0.2) is 0 Å². The van der Waals surface area contributed by atoms with Gasteiger partial charge in [-0.3, -0.25) is 4.79 Å². The van der Waals surface area contributed by atoms with Crippen molar-refractivity contribution in [1.82, 2.24) is 10.2 Å². The zero-order valence-corrected chi connectivity index (χ0v) is 12.8. The summed E-state index contributed by atoms with van der Waals surface area (Å²) in [6, 6.07) is 10.7. The zero-order valence-electron chi connectivity index (χ0n) is 12.8. The normalized spacial score (nSPS) is 19.3. The number of hydrogen-bond donors (Lipinski definition) is 1. The molecule has 0 spiro atoms. The van der Waals surface area contributed by atoms with Crippen LogP contribution >= 0.6 is 0 Å². The van der Waals surface area contributed by atoms with Gasteiger partial charge in [0.05, 0.1) is 0 Å². The van der Waals surface area contributed by atoms with Crippen molar-refractivity contribution in [3.05, 3.63) is 47.0 Å². The van der Waals surface area contributed by atoms with Gasteiger partial charge in [0.1, 0.15) is 0 Å². The van der Waals surface area contributed by atoms with Crippen LogP contribution in [0.5, 0.6) is 0 Å². The second-order valence-corrected chi connectivity index (χ2v) is 6.26. The van der Waals surface area contributed by atoms with Gasteiger partial charge in [0.25, 0.3) is 0 Å². The van der Waals surface area contributed by atoms with Gasteiger partial charge in [-0.05, 0) is 43.2 Å². The van der Waals surface area contributed by atoms with Crippen LogP contribution in [0.2, 0.25) is 0 Å². The Morgan fingerprint density at radius 1 is 1.19 bits per heavy atom. The van der Waals surface area contributed by atoms with Crippen LogP contribution in [0.1, 0.15) is 25.3 Å². The van der Waals surface area contributed by atoms with Crippen molar-refractivity contribution in [2.45, 2.75) is 26.2 Å². The van der Waals surface area contributed by atoms with E-state index in [1.54, 1.807) is 0 Å². The molecule has 2 aliphatic heterocycles. The van der Waals surface area contributed by atoms with Gasteiger partial charge in [0.15, 0.2) is 0 Å². The molecule has 3 heteroatoms. The second-order valence-electron chi connectivity index (χ2n) is 6.26. The number of carbonyl (C=O) groups is 1. The van der Waals surface area contributed by atoms with Crippen LogP contribution in [0.4, 0.5) is 0 Å². The zero-order chi connectivity index (χ0) is 14.7. The van der Waals surface area contributed by atoms with Crippen molar-refractivity contribution >= 4 is 5.91 Å². The molecule has 2 aliphatic rings. The first-order valence-electron chi connectivity index (χ1n) is 7.96. The van der Waals surface area contributed by atoms with Gasteiger partial charge in [0.2, 0.25) is 5.91 Å². The van der Waals surface area contributed by atoms with E-state index >= 15 is 0 Å². The smallest absolute Gasteiger partial charge is 0.249 e. The Labute approximate surface area is 127 Å². The maximum Gasteiger partial charge on any atom is 0.249 e. The molecular formula is C18H24N2O. The maximum atomic E-state index is 12.4. The monoisotopic (exact) mass is 284 g/mol. The molecule has 2 saturated heterocycles. The van der Waals surface area contributed by atoms with Crippen LogP contribution in [-0.2, 0) is 11.2 Å². The quantitative estimate of drug-likeness (QED) is 0.864. The van der Waals surface area contributed by atoms with Crippen molar-refractivity contribution < 1.29 is 4.79 Å². The molecule has 0 aliphatic carbocycles. The summed E-state index contributed by atoms with van der Waals surface area (Å²) >= 11 is 0. The van der Waals surface area contributed by atoms with Crippen molar-refractivity contribution in [1.29, 1.82) is 0 Å². The van der Waals surface area contributed by atoms with E-state index < -0.39 is 0 Å². The predicted molar refractivity (Wildman–Crippen MR) is 85.0 cm³/mol. The Morgan fingerprint density at radius 2 is 1.86 bits per heavy atom. The highest BCUT2D eigenvalue weighted by molar-refractivity contribution is 5.94. The summed E-state index contributed by atoms with van der Waals surface area (Å²) in [5.41, 5.74) is 3.67. The van der Waals surface area contributed by atoms with Crippen LogP contribution in [-0.4, -0.2) is 37.0 Å². The Hall–Kier alpha value is -1.61. The minimum Gasteiger partial charge on any atom is -0.339 e. The van der Waals surface area contributed by atoms with E-state index in [2.05, 4.69) is 35.6 Å². The van der Waals surface area contributed by atoms with Crippen LogP contribution in [0, 0.1) is 5.92 Å². The molecule has 1 amide bonds. The first-order valence-corrected chi connectivity index (χ1v) is 7.96. The number of amides is 1. The number of carbonyl (C=O) groups excluding carboxylic acids is 1. The third kappa shape index (κ3) is 3.35. The van der Waals surface area contributed by atoms with E-state index in [0.717, 1.165) is 56.9 Å². The summed E-state index contributed by atoms with van der Waals surface area (Å²) in [7, 11) is 0. The molecule has 112 valence electrons. The average molecular weight is 284 g/mol. The summed E-state index contributed by atoms with van der Waals surface area (Å²) in [5.74, 6) is 0.972. The standard InChI is InChI=1S/C18H24N2O/c1-14(17-12-19-13-17)18(21)20-9-7-16(8-10-20)11-15-5-3-2-4-6-15/h2-6,16,19H,7-13H2,1H3. The predicted octanol–water partition coefficient (Wildman–Crippen LogP) is 2.39. The van der Waals surface area contributed by atoms with E-state index in [0.29, 0.717) is 0 Å². The lowest BCUT2D eigenvalue weighted by molar-refractivity contribution is -0.128. The highest BCUT2D eigenvalue weighted by atomic mass is 16.2. The number of nitrogens with one attached hydrogen (secondary N) is 1. The van der Waals surface area contributed by atoms with E-state index in [-0.39, 0.29) is 5.91 Å². The van der Waals surface area contributed by atoms with Crippen LogP contribution in [0.15, 0.2) is 41.5 Å². The number of benzene rings is 1. The summed E-state index contributed by atoms with van der Waals surface area (Å²) in [4.78, 5) is 14.5. The molecule has 3 rings (SSSR count). The van der Waals surface area contributed by atoms with Gasteiger partial charge < -0.3 is 10.2 Å². The minimum atomic E-state index is 0.254. The van der Waals surface area contributed by atoms with Crippen LogP contribution < -0.4 is 5.32 Å². The number of rotatable bonds is 3. The van der Waals surface area contributed by atoms with Crippen molar-refractivity contribution in [2.24, 2.45) is 5.92 Å². The fourth-order valence-electron chi connectivity index (χ4n) is 3.19. The molecule has 2 heterocycles. The largest absolute Gasteiger partial charge is 0.339 e. The molecule has 2 fully saturated rings. The number of likely N-dealkylation sites (tertiary alicyclic amines) is 1. The highest BCUT2D eigenvalue weighted by Gasteiger charge is 2.25. The molecule has 0 unspecified atom stereocenters. The molecule has 0 aromatic heterocycles. The molecular weight excluding hydrogens is 260 g/mol. The van der Waals surface area contributed by atoms with Gasteiger partial charge in [-0.15, -0.1) is 0 Å². The summed E-state index contributed by atoms with van der Waals surface area (Å²) < 4.78 is 0. The Bertz CT molecular complexity index is 521. The third-order valence-corrected chi connectivity index (χ3v) is 4.80. The topological polar surface area (TPSA) is 32.3 Å². The van der Waals surface area contributed by atoms with E-state index in [1.807, 2.05) is 11.8 Å². The Morgan fingerprint density at radius 3 is 2.43 bits per heavy atom. The molecule has 1 N–H and O–H groups in total. The fraction of sp³-hybridized carbons (Fsp3) is 0.500. The lowest BCUT2D eigenvalue weighted by Crippen LogP contribution is -2.42. The first-order chi connectivity index (χ1) is 10.2. The number of nitrogens with zero attached hydrogens (tertiary/aromatic N) is 1. The van der Waals surface area contributed by atoms with E-state index in [4.69, 9.17) is 0 Å². The summed E-state index contributed by atoms with van der Waals surface area (Å²) in [6.45, 7) is 5.58. The van der Waals surface area contributed by atoms with Crippen LogP contribution in [0.3, 0.4) is 0 Å². The molecule has 0 atom stereocenters. The molecule has 1 aromatic rings. The maximum absolute atomic E-state index is 12.4. The summed E-state index contributed by atoms with van der Waals surface area (Å²) in [6.07, 6.45) is 3.40. The third-order valence-electron chi connectivity index (χ3n) is 4.80. The lowest BCUT2D eigenvalue weighted by atomic mass is 9.90. The second kappa shape index (κ2) is 6.44. The van der Waals surface area contributed by atoms with Crippen molar-refractivity contribution in [2.75, 3.05) is 26.2 Å². The van der Waals surface area contributed by atoms with Gasteiger partial charge in [0, 0.05) is 31.8 Å². The number of hydrogen-bond acceptors (Lipinski definition) is 2. The summed E-state index contributed by atoms with van der Waals surface area (Å²) in [5, 5.41) is 3.21. The van der Waals surface area contributed by atoms with Gasteiger partial charge >= 0.3 is 0 Å². The molecule has 0 saturated carbocycles. The SMILES string of the molecule is CC(C(=O)N1CCC(Cc2ccccc2)CC1)=C1CNC1. The Balaban J connectivity index is 1.52. The molecule has 1 aromatic carbocycles. The average Bonchev–Trinajstić information content (AvgIpc) is 2.46. The van der Waals surface area contributed by atoms with E-state index in [9.17, 15) is 4.79 Å². The Kier molecular flexibility index (Phi) is 4.39. The van der Waals surface area contributed by atoms with Crippen molar-refractivity contribution in [3.8, 4) is 0 Å². The van der Waals surface area contributed by atoms with Crippen LogP contribution in [0.25, 0.3) is 0 Å². The van der Waals surface area contributed by atoms with E-state index in [1.165, 1.54) is 11.1 Å². The van der Waals surface area contributed by atoms with Gasteiger partial charge in [-0.2, -0.15) is 0 Å². The molecule has 0 radical (unpaired) electrons. The highest BCUT2D eigenvalue weighted by Crippen LogP contribution is 2.23. The molecule has 21 heavy (non-hydrogen) atoms. The van der Waals surface area contributed by atoms with Crippen molar-refractivity contribution in [3.63, 3.8) is 0 Å². The first kappa shape index (κ1) is 14.3. The molecule has 3 nitrogen and oxygen atoms in total. The molecule has 0 bridgehead atoms. The lowest BCUT2D eigenvalue weighted by Gasteiger charge is -2.33. The minimum absolute atomic E-state index is 0.254. The number of piperidine rings is 1. The fourth-order valence-corrected chi connectivity index (χ4v) is 3.19.